The minimum absolute atomic E-state index is 0.0450. The van der Waals surface area contributed by atoms with Crippen molar-refractivity contribution in [3.8, 4) is 0 Å². The third-order valence-electron chi connectivity index (χ3n) is 3.55. The molecular formula is C15H16BrNO3. The van der Waals surface area contributed by atoms with E-state index in [-0.39, 0.29) is 11.8 Å². The van der Waals surface area contributed by atoms with Crippen LogP contribution in [0.4, 0.5) is 0 Å². The number of carbonyl (C=O) groups excluding carboxylic acids is 1. The highest BCUT2D eigenvalue weighted by Gasteiger charge is 2.36. The maximum atomic E-state index is 12.0. The second kappa shape index (κ2) is 6.22. The molecule has 1 unspecified atom stereocenters. The molecule has 0 radical (unpaired) electrons. The van der Waals surface area contributed by atoms with Gasteiger partial charge in [-0.2, -0.15) is 0 Å². The van der Waals surface area contributed by atoms with Crippen LogP contribution in [0.5, 0.6) is 0 Å². The standard InChI is InChI=1S/C15H16BrNO3/c1-2-10-7-14(18)17(9-10)13(15(19)20)8-11-5-3-4-6-12(11)16/h2-6,10,13H,1,7-9H2,(H,19,20)/t10?,13-/m0/s1. The van der Waals surface area contributed by atoms with Crippen LogP contribution in [0.25, 0.3) is 0 Å². The molecule has 1 saturated heterocycles. The van der Waals surface area contributed by atoms with Crippen molar-refractivity contribution in [1.29, 1.82) is 0 Å². The van der Waals surface area contributed by atoms with E-state index in [9.17, 15) is 14.7 Å². The van der Waals surface area contributed by atoms with Gasteiger partial charge in [0.25, 0.3) is 0 Å². The Balaban J connectivity index is 2.20. The van der Waals surface area contributed by atoms with Crippen LogP contribution in [0, 0.1) is 5.92 Å². The Morgan fingerprint density at radius 1 is 1.55 bits per heavy atom. The van der Waals surface area contributed by atoms with Crippen LogP contribution in [-0.4, -0.2) is 34.5 Å². The molecule has 0 spiro atoms. The number of hydrogen-bond acceptors (Lipinski definition) is 2. The maximum absolute atomic E-state index is 12.0. The number of carboxylic acid groups (broad SMARTS) is 1. The Morgan fingerprint density at radius 3 is 2.80 bits per heavy atom. The molecule has 0 aromatic heterocycles. The van der Waals surface area contributed by atoms with Crippen molar-refractivity contribution < 1.29 is 14.7 Å². The number of aliphatic carboxylic acids is 1. The van der Waals surface area contributed by atoms with Crippen LogP contribution < -0.4 is 0 Å². The van der Waals surface area contributed by atoms with Crippen molar-refractivity contribution in [1.82, 2.24) is 4.90 Å². The molecular weight excluding hydrogens is 322 g/mol. The summed E-state index contributed by atoms with van der Waals surface area (Å²) >= 11 is 3.41. The zero-order chi connectivity index (χ0) is 14.7. The van der Waals surface area contributed by atoms with Gasteiger partial charge in [0.1, 0.15) is 6.04 Å². The van der Waals surface area contributed by atoms with Gasteiger partial charge in [-0.05, 0) is 11.6 Å². The molecule has 106 valence electrons. The highest BCUT2D eigenvalue weighted by molar-refractivity contribution is 9.10. The van der Waals surface area contributed by atoms with Crippen LogP contribution in [0.2, 0.25) is 0 Å². The van der Waals surface area contributed by atoms with Crippen molar-refractivity contribution in [2.24, 2.45) is 5.92 Å². The Kier molecular flexibility index (Phi) is 4.60. The average Bonchev–Trinajstić information content (AvgIpc) is 2.78. The molecule has 1 heterocycles. The fourth-order valence-corrected chi connectivity index (χ4v) is 2.87. The highest BCUT2D eigenvalue weighted by atomic mass is 79.9. The van der Waals surface area contributed by atoms with Crippen molar-refractivity contribution in [2.45, 2.75) is 18.9 Å². The van der Waals surface area contributed by atoms with E-state index in [1.54, 1.807) is 6.08 Å². The summed E-state index contributed by atoms with van der Waals surface area (Å²) in [6, 6.07) is 6.64. The molecule has 1 fully saturated rings. The zero-order valence-corrected chi connectivity index (χ0v) is 12.5. The summed E-state index contributed by atoms with van der Waals surface area (Å²) < 4.78 is 0.859. The predicted molar refractivity (Wildman–Crippen MR) is 79.3 cm³/mol. The smallest absolute Gasteiger partial charge is 0.326 e. The lowest BCUT2D eigenvalue weighted by molar-refractivity contribution is -0.148. The summed E-state index contributed by atoms with van der Waals surface area (Å²) in [4.78, 5) is 24.9. The topological polar surface area (TPSA) is 57.6 Å². The van der Waals surface area contributed by atoms with E-state index in [2.05, 4.69) is 22.5 Å². The second-order valence-corrected chi connectivity index (χ2v) is 5.75. The first-order valence-corrected chi connectivity index (χ1v) is 7.20. The lowest BCUT2D eigenvalue weighted by atomic mass is 10.0. The van der Waals surface area contributed by atoms with Crippen LogP contribution in [0.1, 0.15) is 12.0 Å². The van der Waals surface area contributed by atoms with Gasteiger partial charge in [-0.3, -0.25) is 4.79 Å². The normalized spacial score (nSPS) is 19.9. The van der Waals surface area contributed by atoms with E-state index < -0.39 is 12.0 Å². The zero-order valence-electron chi connectivity index (χ0n) is 11.0. The first-order chi connectivity index (χ1) is 9.52. The molecule has 1 aliphatic heterocycles. The van der Waals surface area contributed by atoms with Crippen LogP contribution in [-0.2, 0) is 16.0 Å². The van der Waals surface area contributed by atoms with Gasteiger partial charge in [0.05, 0.1) is 0 Å². The first-order valence-electron chi connectivity index (χ1n) is 6.41. The number of likely N-dealkylation sites (tertiary alicyclic amines) is 1. The molecule has 2 atom stereocenters. The molecule has 5 heteroatoms. The Hall–Kier alpha value is -1.62. The SMILES string of the molecule is C=CC1CC(=O)N([C@@H](Cc2ccccc2Br)C(=O)O)C1. The fourth-order valence-electron chi connectivity index (χ4n) is 2.42. The summed E-state index contributed by atoms with van der Waals surface area (Å²) in [5.41, 5.74) is 0.884. The van der Waals surface area contributed by atoms with E-state index in [1.807, 2.05) is 24.3 Å². The van der Waals surface area contributed by atoms with Crippen LogP contribution >= 0.6 is 15.9 Å². The van der Waals surface area contributed by atoms with Gasteiger partial charge in [0.2, 0.25) is 5.91 Å². The number of halogens is 1. The molecule has 1 aromatic rings. The van der Waals surface area contributed by atoms with Gasteiger partial charge in [0, 0.05) is 29.8 Å². The molecule has 1 amide bonds. The number of hydrogen-bond donors (Lipinski definition) is 1. The first kappa shape index (κ1) is 14.8. The minimum Gasteiger partial charge on any atom is -0.480 e. The van der Waals surface area contributed by atoms with Gasteiger partial charge >= 0.3 is 5.97 Å². The maximum Gasteiger partial charge on any atom is 0.326 e. The number of carboxylic acids is 1. The monoisotopic (exact) mass is 337 g/mol. The average molecular weight is 338 g/mol. The Morgan fingerprint density at radius 2 is 2.25 bits per heavy atom. The van der Waals surface area contributed by atoms with Crippen LogP contribution in [0.15, 0.2) is 41.4 Å². The number of benzene rings is 1. The highest BCUT2D eigenvalue weighted by Crippen LogP contribution is 2.25. The van der Waals surface area contributed by atoms with E-state index in [4.69, 9.17) is 0 Å². The summed E-state index contributed by atoms with van der Waals surface area (Å²) in [5, 5.41) is 9.43. The Bertz CT molecular complexity index is 544. The molecule has 0 saturated carbocycles. The molecule has 0 aliphatic carbocycles. The van der Waals surface area contributed by atoms with Gasteiger partial charge < -0.3 is 10.0 Å². The molecule has 1 aromatic carbocycles. The van der Waals surface area contributed by atoms with Crippen molar-refractivity contribution in [3.63, 3.8) is 0 Å². The largest absolute Gasteiger partial charge is 0.480 e. The molecule has 0 bridgehead atoms. The van der Waals surface area contributed by atoms with Crippen LogP contribution in [0.3, 0.4) is 0 Å². The van der Waals surface area contributed by atoms with Gasteiger partial charge in [0.15, 0.2) is 0 Å². The van der Waals surface area contributed by atoms with Crippen molar-refractivity contribution in [3.05, 3.63) is 47.0 Å². The molecule has 1 N–H and O–H groups in total. The number of nitrogens with zero attached hydrogens (tertiary/aromatic N) is 1. The molecule has 2 rings (SSSR count). The third-order valence-corrected chi connectivity index (χ3v) is 4.33. The van der Waals surface area contributed by atoms with E-state index in [1.165, 1.54) is 4.90 Å². The minimum atomic E-state index is -0.973. The lowest BCUT2D eigenvalue weighted by Gasteiger charge is -2.25. The molecule has 20 heavy (non-hydrogen) atoms. The van der Waals surface area contributed by atoms with Gasteiger partial charge in [-0.1, -0.05) is 40.2 Å². The number of rotatable bonds is 5. The summed E-state index contributed by atoms with van der Waals surface area (Å²) in [6.45, 7) is 4.11. The number of amides is 1. The molecule has 4 nitrogen and oxygen atoms in total. The van der Waals surface area contributed by atoms with Crippen molar-refractivity contribution in [2.75, 3.05) is 6.54 Å². The van der Waals surface area contributed by atoms with E-state index in [0.29, 0.717) is 19.4 Å². The predicted octanol–water partition coefficient (Wildman–Crippen LogP) is 2.48. The van der Waals surface area contributed by atoms with E-state index in [0.717, 1.165) is 10.0 Å². The van der Waals surface area contributed by atoms with Crippen molar-refractivity contribution >= 4 is 27.8 Å². The lowest BCUT2D eigenvalue weighted by Crippen LogP contribution is -2.43. The quantitative estimate of drug-likeness (QED) is 0.839. The second-order valence-electron chi connectivity index (χ2n) is 4.90. The third kappa shape index (κ3) is 3.10. The summed E-state index contributed by atoms with van der Waals surface area (Å²) in [7, 11) is 0. The fraction of sp³-hybridized carbons (Fsp3) is 0.333. The van der Waals surface area contributed by atoms with Gasteiger partial charge in [-0.25, -0.2) is 4.79 Å². The summed E-state index contributed by atoms with van der Waals surface area (Å²) in [5.74, 6) is -1.04. The number of carbonyl (C=O) groups is 2. The molecule has 1 aliphatic rings. The van der Waals surface area contributed by atoms with Gasteiger partial charge in [-0.15, -0.1) is 6.58 Å². The Labute approximate surface area is 126 Å². The summed E-state index contributed by atoms with van der Waals surface area (Å²) in [6.07, 6.45) is 2.37. The van der Waals surface area contributed by atoms with E-state index >= 15 is 0 Å².